The number of amides is 1. The Morgan fingerprint density at radius 2 is 1.88 bits per heavy atom. The van der Waals surface area contributed by atoms with Crippen LogP contribution in [0.2, 0.25) is 0 Å². The molecule has 0 saturated heterocycles. The Kier molecular flexibility index (Phi) is 3.22. The minimum atomic E-state index is -0.841. The molecular weight excluding hydrogens is 218 g/mol. The van der Waals surface area contributed by atoms with E-state index in [0.717, 1.165) is 6.42 Å². The van der Waals surface area contributed by atoms with Crippen molar-refractivity contribution in [2.24, 2.45) is 29.6 Å². The molecule has 0 heterocycles. The van der Waals surface area contributed by atoms with E-state index >= 15 is 0 Å². The predicted octanol–water partition coefficient (Wildman–Crippen LogP) is 1.28. The van der Waals surface area contributed by atoms with Gasteiger partial charge in [-0.2, -0.15) is 0 Å². The van der Waals surface area contributed by atoms with Gasteiger partial charge >= 0.3 is 5.97 Å². The van der Waals surface area contributed by atoms with Crippen LogP contribution in [-0.4, -0.2) is 23.5 Å². The third-order valence-corrected chi connectivity index (χ3v) is 3.73. The topological polar surface area (TPSA) is 66.4 Å². The molecule has 2 N–H and O–H groups in total. The van der Waals surface area contributed by atoms with E-state index in [0.29, 0.717) is 12.5 Å². The van der Waals surface area contributed by atoms with Crippen LogP contribution in [0.3, 0.4) is 0 Å². The van der Waals surface area contributed by atoms with Crippen molar-refractivity contribution in [1.82, 2.24) is 5.32 Å². The summed E-state index contributed by atoms with van der Waals surface area (Å²) in [5.41, 5.74) is 0. The molecule has 0 aromatic rings. The van der Waals surface area contributed by atoms with E-state index in [-0.39, 0.29) is 23.7 Å². The van der Waals surface area contributed by atoms with Crippen LogP contribution in [0.25, 0.3) is 0 Å². The standard InChI is InChI=1S/C13H19NO3/c1-7(2)6-14-12(15)10-8-3-4-9(5-8)11(10)13(16)17/h3-4,7-11H,5-6H2,1-2H3,(H,14,15)(H,16,17)/t8-,9+,10?,11?/m1/s1. The van der Waals surface area contributed by atoms with Crippen LogP contribution >= 0.6 is 0 Å². The minimum Gasteiger partial charge on any atom is -0.481 e. The average molecular weight is 237 g/mol. The third-order valence-electron chi connectivity index (χ3n) is 3.73. The fourth-order valence-electron chi connectivity index (χ4n) is 2.94. The van der Waals surface area contributed by atoms with Crippen molar-refractivity contribution in [1.29, 1.82) is 0 Å². The molecular formula is C13H19NO3. The van der Waals surface area contributed by atoms with Crippen molar-refractivity contribution >= 4 is 11.9 Å². The molecule has 2 bridgehead atoms. The van der Waals surface area contributed by atoms with Gasteiger partial charge in [0.2, 0.25) is 5.91 Å². The molecule has 2 unspecified atom stereocenters. The van der Waals surface area contributed by atoms with Crippen LogP contribution in [0, 0.1) is 29.6 Å². The predicted molar refractivity (Wildman–Crippen MR) is 63.2 cm³/mol. The third kappa shape index (κ3) is 2.21. The zero-order valence-electron chi connectivity index (χ0n) is 10.2. The number of carboxylic acids is 1. The number of aliphatic carboxylic acids is 1. The molecule has 4 atom stereocenters. The van der Waals surface area contributed by atoms with Crippen LogP contribution < -0.4 is 5.32 Å². The van der Waals surface area contributed by atoms with Gasteiger partial charge in [-0.3, -0.25) is 9.59 Å². The summed E-state index contributed by atoms with van der Waals surface area (Å²) in [5, 5.41) is 12.1. The first kappa shape index (κ1) is 12.1. The van der Waals surface area contributed by atoms with E-state index in [1.165, 1.54) is 0 Å². The molecule has 1 saturated carbocycles. The highest BCUT2D eigenvalue weighted by atomic mass is 16.4. The molecule has 0 aliphatic heterocycles. The van der Waals surface area contributed by atoms with Gasteiger partial charge in [0, 0.05) is 6.54 Å². The molecule has 1 fully saturated rings. The Labute approximate surface area is 101 Å². The van der Waals surface area contributed by atoms with Gasteiger partial charge in [-0.25, -0.2) is 0 Å². The first-order chi connectivity index (χ1) is 8.00. The summed E-state index contributed by atoms with van der Waals surface area (Å²) in [7, 11) is 0. The SMILES string of the molecule is CC(C)CNC(=O)C1C(C(=O)O)[C@H]2C=C[C@@H]1C2. The summed E-state index contributed by atoms with van der Waals surface area (Å²) in [4.78, 5) is 23.3. The maximum absolute atomic E-state index is 12.0. The number of carboxylic acid groups (broad SMARTS) is 1. The van der Waals surface area contributed by atoms with Crippen LogP contribution in [-0.2, 0) is 9.59 Å². The number of nitrogens with one attached hydrogen (secondary N) is 1. The Morgan fingerprint density at radius 3 is 2.41 bits per heavy atom. The summed E-state index contributed by atoms with van der Waals surface area (Å²) in [5.74, 6) is -1.29. The van der Waals surface area contributed by atoms with Crippen molar-refractivity contribution < 1.29 is 14.7 Å². The van der Waals surface area contributed by atoms with Gasteiger partial charge in [-0.1, -0.05) is 26.0 Å². The fraction of sp³-hybridized carbons (Fsp3) is 0.692. The van der Waals surface area contributed by atoms with Crippen molar-refractivity contribution in [3.05, 3.63) is 12.2 Å². The molecule has 4 nitrogen and oxygen atoms in total. The van der Waals surface area contributed by atoms with Gasteiger partial charge in [-0.15, -0.1) is 0 Å². The summed E-state index contributed by atoms with van der Waals surface area (Å²) < 4.78 is 0. The van der Waals surface area contributed by atoms with Gasteiger partial charge in [0.1, 0.15) is 0 Å². The van der Waals surface area contributed by atoms with E-state index in [9.17, 15) is 14.7 Å². The lowest BCUT2D eigenvalue weighted by molar-refractivity contribution is -0.147. The zero-order valence-corrected chi connectivity index (χ0v) is 10.2. The molecule has 94 valence electrons. The Morgan fingerprint density at radius 1 is 1.29 bits per heavy atom. The van der Waals surface area contributed by atoms with E-state index in [1.807, 2.05) is 26.0 Å². The lowest BCUT2D eigenvalue weighted by Gasteiger charge is -2.24. The molecule has 2 aliphatic rings. The highest BCUT2D eigenvalue weighted by molar-refractivity contribution is 5.86. The van der Waals surface area contributed by atoms with E-state index in [4.69, 9.17) is 0 Å². The average Bonchev–Trinajstić information content (AvgIpc) is 2.84. The Balaban J connectivity index is 2.06. The normalized spacial score (nSPS) is 34.3. The molecule has 17 heavy (non-hydrogen) atoms. The van der Waals surface area contributed by atoms with Gasteiger partial charge in [-0.05, 0) is 24.2 Å². The molecule has 0 radical (unpaired) electrons. The minimum absolute atomic E-state index is 0.0484. The second kappa shape index (κ2) is 4.51. The van der Waals surface area contributed by atoms with E-state index in [2.05, 4.69) is 5.32 Å². The highest BCUT2D eigenvalue weighted by Crippen LogP contribution is 2.48. The molecule has 0 aromatic heterocycles. The molecule has 0 aromatic carbocycles. The monoisotopic (exact) mass is 237 g/mol. The van der Waals surface area contributed by atoms with Crippen LogP contribution in [0.15, 0.2) is 12.2 Å². The van der Waals surface area contributed by atoms with Crippen LogP contribution in [0.5, 0.6) is 0 Å². The number of hydrogen-bond acceptors (Lipinski definition) is 2. The lowest BCUT2D eigenvalue weighted by atomic mass is 9.82. The van der Waals surface area contributed by atoms with Crippen molar-refractivity contribution in [2.45, 2.75) is 20.3 Å². The van der Waals surface area contributed by atoms with E-state index < -0.39 is 11.9 Å². The number of hydrogen-bond donors (Lipinski definition) is 2. The second-order valence-electron chi connectivity index (χ2n) is 5.48. The maximum Gasteiger partial charge on any atom is 0.307 e. The quantitative estimate of drug-likeness (QED) is 0.724. The largest absolute Gasteiger partial charge is 0.481 e. The van der Waals surface area contributed by atoms with E-state index in [1.54, 1.807) is 0 Å². The van der Waals surface area contributed by atoms with Crippen molar-refractivity contribution in [3.63, 3.8) is 0 Å². The first-order valence-corrected chi connectivity index (χ1v) is 6.19. The Bertz CT molecular complexity index is 362. The zero-order chi connectivity index (χ0) is 12.6. The van der Waals surface area contributed by atoms with Crippen LogP contribution in [0.4, 0.5) is 0 Å². The maximum atomic E-state index is 12.0. The van der Waals surface area contributed by atoms with Crippen molar-refractivity contribution in [3.8, 4) is 0 Å². The molecule has 2 aliphatic carbocycles. The van der Waals surface area contributed by atoms with Crippen LogP contribution in [0.1, 0.15) is 20.3 Å². The van der Waals surface area contributed by atoms with Gasteiger partial charge < -0.3 is 10.4 Å². The molecule has 0 spiro atoms. The summed E-state index contributed by atoms with van der Waals surface area (Å²) >= 11 is 0. The second-order valence-corrected chi connectivity index (χ2v) is 5.48. The number of fused-ring (bicyclic) bond motifs is 2. The smallest absolute Gasteiger partial charge is 0.307 e. The highest BCUT2D eigenvalue weighted by Gasteiger charge is 2.51. The van der Waals surface area contributed by atoms with Gasteiger partial charge in [0.05, 0.1) is 11.8 Å². The lowest BCUT2D eigenvalue weighted by Crippen LogP contribution is -2.41. The molecule has 4 heteroatoms. The summed E-state index contributed by atoms with van der Waals surface area (Å²) in [6, 6.07) is 0. The number of allylic oxidation sites excluding steroid dienone is 2. The molecule has 2 rings (SSSR count). The summed E-state index contributed by atoms with van der Waals surface area (Å²) in [6.07, 6.45) is 4.77. The number of carbonyl (C=O) groups excluding carboxylic acids is 1. The van der Waals surface area contributed by atoms with Gasteiger partial charge in [0.15, 0.2) is 0 Å². The number of rotatable bonds is 4. The Hall–Kier alpha value is -1.32. The van der Waals surface area contributed by atoms with Crippen molar-refractivity contribution in [2.75, 3.05) is 6.54 Å². The van der Waals surface area contributed by atoms with Gasteiger partial charge in [0.25, 0.3) is 0 Å². The summed E-state index contributed by atoms with van der Waals surface area (Å²) in [6.45, 7) is 4.66. The first-order valence-electron chi connectivity index (χ1n) is 6.19. The fourth-order valence-corrected chi connectivity index (χ4v) is 2.94. The molecule has 1 amide bonds. The number of carbonyl (C=O) groups is 2.